The standard InChI is InChI=1S/C19H17ClN2O6/c1-9-17-11(10(8-23)7-21-9)4-12(19(25)28-17)18(24)22-14-5-13(20)15(26-2)6-16(14)27-3/h4-7,23H,8H2,1-3H3,(H,22,24). The first-order chi connectivity index (χ1) is 13.4. The molecule has 1 amide bonds. The molecule has 0 atom stereocenters. The largest absolute Gasteiger partial charge is 0.495 e. The molecule has 0 saturated carbocycles. The lowest BCUT2D eigenvalue weighted by atomic mass is 10.1. The highest BCUT2D eigenvalue weighted by Gasteiger charge is 2.19. The van der Waals surface area contributed by atoms with Crippen LogP contribution in [-0.2, 0) is 6.61 Å². The first-order valence-corrected chi connectivity index (χ1v) is 8.53. The van der Waals surface area contributed by atoms with E-state index in [2.05, 4.69) is 10.3 Å². The number of pyridine rings is 1. The van der Waals surface area contributed by atoms with E-state index >= 15 is 0 Å². The Hall–Kier alpha value is -3.10. The first kappa shape index (κ1) is 19.7. The highest BCUT2D eigenvalue weighted by molar-refractivity contribution is 6.32. The molecule has 0 bridgehead atoms. The number of aliphatic hydroxyl groups is 1. The molecule has 0 aliphatic carbocycles. The third kappa shape index (κ3) is 3.51. The van der Waals surface area contributed by atoms with Crippen molar-refractivity contribution < 1.29 is 23.8 Å². The Morgan fingerprint density at radius 3 is 2.61 bits per heavy atom. The van der Waals surface area contributed by atoms with Crippen LogP contribution in [0, 0.1) is 6.92 Å². The van der Waals surface area contributed by atoms with Crippen LogP contribution in [0.2, 0.25) is 5.02 Å². The van der Waals surface area contributed by atoms with Crippen molar-refractivity contribution in [3.63, 3.8) is 0 Å². The number of benzene rings is 1. The smallest absolute Gasteiger partial charge is 0.349 e. The number of aryl methyl sites for hydroxylation is 1. The van der Waals surface area contributed by atoms with E-state index < -0.39 is 11.5 Å². The molecule has 1 aromatic carbocycles. The van der Waals surface area contributed by atoms with Crippen molar-refractivity contribution >= 4 is 34.2 Å². The number of aromatic nitrogens is 1. The van der Waals surface area contributed by atoms with Gasteiger partial charge in [0, 0.05) is 23.2 Å². The second-order valence-corrected chi connectivity index (χ2v) is 6.27. The molecule has 0 spiro atoms. The molecule has 8 nitrogen and oxygen atoms in total. The lowest BCUT2D eigenvalue weighted by Gasteiger charge is -2.13. The molecule has 146 valence electrons. The number of hydrogen-bond acceptors (Lipinski definition) is 7. The van der Waals surface area contributed by atoms with E-state index in [9.17, 15) is 14.7 Å². The van der Waals surface area contributed by atoms with Crippen LogP contribution in [0.5, 0.6) is 11.5 Å². The Balaban J connectivity index is 2.06. The van der Waals surface area contributed by atoms with Crippen LogP contribution in [0.15, 0.2) is 33.6 Å². The molecular formula is C19H17ClN2O6. The number of carbonyl (C=O) groups excluding carboxylic acids is 1. The van der Waals surface area contributed by atoms with Gasteiger partial charge in [-0.05, 0) is 19.1 Å². The maximum atomic E-state index is 12.7. The zero-order valence-electron chi connectivity index (χ0n) is 15.3. The normalized spacial score (nSPS) is 10.8. The summed E-state index contributed by atoms with van der Waals surface area (Å²) in [6.07, 6.45) is 1.46. The fourth-order valence-electron chi connectivity index (χ4n) is 2.71. The molecule has 9 heteroatoms. The van der Waals surface area contributed by atoms with Crippen LogP contribution in [0.1, 0.15) is 21.6 Å². The minimum atomic E-state index is -0.830. The quantitative estimate of drug-likeness (QED) is 0.672. The lowest BCUT2D eigenvalue weighted by Crippen LogP contribution is -2.21. The number of halogens is 1. The van der Waals surface area contributed by atoms with Gasteiger partial charge in [-0.15, -0.1) is 0 Å². The Morgan fingerprint density at radius 2 is 1.96 bits per heavy atom. The second-order valence-electron chi connectivity index (χ2n) is 5.86. The van der Waals surface area contributed by atoms with Crippen LogP contribution in [0.3, 0.4) is 0 Å². The molecular weight excluding hydrogens is 388 g/mol. The minimum absolute atomic E-state index is 0.221. The van der Waals surface area contributed by atoms with E-state index in [1.54, 1.807) is 6.92 Å². The number of nitrogens with one attached hydrogen (secondary N) is 1. The van der Waals surface area contributed by atoms with E-state index in [1.807, 2.05) is 0 Å². The summed E-state index contributed by atoms with van der Waals surface area (Å²) in [5.74, 6) is -0.0401. The van der Waals surface area contributed by atoms with Crippen LogP contribution < -0.4 is 20.4 Å². The van der Waals surface area contributed by atoms with E-state index in [1.165, 1.54) is 38.6 Å². The summed E-state index contributed by atoms with van der Waals surface area (Å²) in [5, 5.41) is 12.8. The molecule has 0 fully saturated rings. The lowest BCUT2D eigenvalue weighted by molar-refractivity contribution is 0.102. The third-order valence-electron chi connectivity index (χ3n) is 4.17. The summed E-state index contributed by atoms with van der Waals surface area (Å²) >= 11 is 6.11. The number of aliphatic hydroxyl groups excluding tert-OH is 1. The van der Waals surface area contributed by atoms with Gasteiger partial charge in [-0.1, -0.05) is 11.6 Å². The molecule has 3 aromatic rings. The molecule has 0 aliphatic heterocycles. The van der Waals surface area contributed by atoms with Gasteiger partial charge in [0.15, 0.2) is 5.58 Å². The van der Waals surface area contributed by atoms with Crippen LogP contribution >= 0.6 is 11.6 Å². The van der Waals surface area contributed by atoms with Crippen molar-refractivity contribution in [1.29, 1.82) is 0 Å². The number of nitrogens with zero attached hydrogens (tertiary/aromatic N) is 1. The van der Waals surface area contributed by atoms with Gasteiger partial charge in [0.25, 0.3) is 5.91 Å². The zero-order valence-corrected chi connectivity index (χ0v) is 16.1. The maximum absolute atomic E-state index is 12.7. The summed E-state index contributed by atoms with van der Waals surface area (Å²) in [4.78, 5) is 29.1. The summed E-state index contributed by atoms with van der Waals surface area (Å²) in [7, 11) is 2.88. The molecule has 0 unspecified atom stereocenters. The zero-order chi connectivity index (χ0) is 20.4. The second kappa shape index (κ2) is 7.87. The minimum Gasteiger partial charge on any atom is -0.495 e. The number of carbonyl (C=O) groups is 1. The number of ether oxygens (including phenoxy) is 2. The molecule has 3 rings (SSSR count). The highest BCUT2D eigenvalue weighted by atomic mass is 35.5. The van der Waals surface area contributed by atoms with Gasteiger partial charge in [-0.25, -0.2) is 4.79 Å². The SMILES string of the molecule is COc1cc(OC)c(NC(=O)c2cc3c(CO)cnc(C)c3oc2=O)cc1Cl. The van der Waals surface area contributed by atoms with Gasteiger partial charge in [-0.2, -0.15) is 0 Å². The fourth-order valence-corrected chi connectivity index (χ4v) is 2.95. The maximum Gasteiger partial charge on any atom is 0.349 e. The van der Waals surface area contributed by atoms with E-state index in [0.717, 1.165) is 0 Å². The molecule has 0 aliphatic rings. The number of fused-ring (bicyclic) bond motifs is 1. The Kier molecular flexibility index (Phi) is 5.53. The van der Waals surface area contributed by atoms with Crippen molar-refractivity contribution in [2.75, 3.05) is 19.5 Å². The fraction of sp³-hybridized carbons (Fsp3) is 0.211. The third-order valence-corrected chi connectivity index (χ3v) is 4.47. The molecule has 2 aromatic heterocycles. The van der Waals surface area contributed by atoms with Crippen molar-refractivity contribution in [1.82, 2.24) is 4.98 Å². The van der Waals surface area contributed by atoms with Gasteiger partial charge >= 0.3 is 5.63 Å². The summed E-state index contributed by atoms with van der Waals surface area (Å²) in [6.45, 7) is 1.34. The van der Waals surface area contributed by atoms with Crippen molar-refractivity contribution in [3.05, 3.63) is 56.7 Å². The van der Waals surface area contributed by atoms with Crippen molar-refractivity contribution in [3.8, 4) is 11.5 Å². The topological polar surface area (TPSA) is 111 Å². The Bertz CT molecular complexity index is 1130. The average Bonchev–Trinajstić information content (AvgIpc) is 2.68. The summed E-state index contributed by atoms with van der Waals surface area (Å²) in [5.41, 5.74) is 0.318. The number of anilines is 1. The monoisotopic (exact) mass is 404 g/mol. The highest BCUT2D eigenvalue weighted by Crippen LogP contribution is 2.36. The molecule has 2 N–H and O–H groups in total. The number of amides is 1. The van der Waals surface area contributed by atoms with Gasteiger partial charge < -0.3 is 24.3 Å². The Morgan fingerprint density at radius 1 is 1.25 bits per heavy atom. The van der Waals surface area contributed by atoms with Crippen LogP contribution in [0.4, 0.5) is 5.69 Å². The first-order valence-electron chi connectivity index (χ1n) is 8.15. The number of hydrogen-bond donors (Lipinski definition) is 2. The molecule has 2 heterocycles. The Labute approximate surface area is 164 Å². The van der Waals surface area contributed by atoms with Gasteiger partial charge in [0.2, 0.25) is 0 Å². The van der Waals surface area contributed by atoms with E-state index in [4.69, 9.17) is 25.5 Å². The number of rotatable bonds is 5. The molecule has 28 heavy (non-hydrogen) atoms. The van der Waals surface area contributed by atoms with Gasteiger partial charge in [0.1, 0.15) is 17.1 Å². The van der Waals surface area contributed by atoms with Crippen molar-refractivity contribution in [2.24, 2.45) is 0 Å². The predicted molar refractivity (Wildman–Crippen MR) is 103 cm³/mol. The van der Waals surface area contributed by atoms with Crippen LogP contribution in [-0.4, -0.2) is 30.2 Å². The molecule has 0 radical (unpaired) electrons. The number of methoxy groups -OCH3 is 2. The van der Waals surface area contributed by atoms with E-state index in [-0.39, 0.29) is 28.5 Å². The van der Waals surface area contributed by atoms with Crippen molar-refractivity contribution in [2.45, 2.75) is 13.5 Å². The average molecular weight is 405 g/mol. The molecule has 0 saturated heterocycles. The van der Waals surface area contributed by atoms with Crippen LogP contribution in [0.25, 0.3) is 11.0 Å². The predicted octanol–water partition coefficient (Wildman–Crippen LogP) is 2.91. The summed E-state index contributed by atoms with van der Waals surface area (Å²) < 4.78 is 15.6. The van der Waals surface area contributed by atoms with E-state index in [0.29, 0.717) is 28.1 Å². The van der Waals surface area contributed by atoms with Gasteiger partial charge in [-0.3, -0.25) is 9.78 Å². The summed E-state index contributed by atoms with van der Waals surface area (Å²) in [6, 6.07) is 4.33. The van der Waals surface area contributed by atoms with Gasteiger partial charge in [0.05, 0.1) is 37.2 Å².